The molecule has 0 saturated heterocycles. The Kier molecular flexibility index (Phi) is 5.35. The average molecular weight is 378 g/mol. The van der Waals surface area contributed by atoms with Crippen LogP contribution in [0.3, 0.4) is 0 Å². The molecule has 5 nitrogen and oxygen atoms in total. The number of amides is 1. The van der Waals surface area contributed by atoms with E-state index in [-0.39, 0.29) is 21.8 Å². The first kappa shape index (κ1) is 17.4. The number of hydrogen-bond acceptors (Lipinski definition) is 5. The molecule has 0 radical (unpaired) electrons. The van der Waals surface area contributed by atoms with Crippen LogP contribution < -0.4 is 5.32 Å². The molecule has 0 aliphatic heterocycles. The van der Waals surface area contributed by atoms with Crippen molar-refractivity contribution >= 4 is 35.0 Å². The van der Waals surface area contributed by atoms with Gasteiger partial charge >= 0.3 is 0 Å². The van der Waals surface area contributed by atoms with Gasteiger partial charge in [-0.2, -0.15) is 0 Å². The molecule has 0 spiro atoms. The summed E-state index contributed by atoms with van der Waals surface area (Å²) < 4.78 is 19.3. The SMILES string of the molecule is CC(Sc1nnc(-c2ccccc2)o1)C(=O)Nc1ccc(Cl)cc1F. The van der Waals surface area contributed by atoms with Crippen LogP contribution in [0.2, 0.25) is 5.02 Å². The molecule has 1 heterocycles. The second-order valence-corrected chi connectivity index (χ2v) is 6.84. The quantitative estimate of drug-likeness (QED) is 0.655. The molecule has 1 aromatic heterocycles. The van der Waals surface area contributed by atoms with Gasteiger partial charge < -0.3 is 9.73 Å². The van der Waals surface area contributed by atoms with Crippen molar-refractivity contribution in [3.63, 3.8) is 0 Å². The molecule has 1 unspecified atom stereocenters. The van der Waals surface area contributed by atoms with Gasteiger partial charge in [0.05, 0.1) is 10.9 Å². The third kappa shape index (κ3) is 4.37. The lowest BCUT2D eigenvalue weighted by Crippen LogP contribution is -2.23. The van der Waals surface area contributed by atoms with Gasteiger partial charge in [0.1, 0.15) is 5.82 Å². The number of nitrogens with zero attached hydrogens (tertiary/aromatic N) is 2. The third-order valence-corrected chi connectivity index (χ3v) is 4.43. The molecule has 1 N–H and O–H groups in total. The summed E-state index contributed by atoms with van der Waals surface area (Å²) in [5, 5.41) is 10.4. The van der Waals surface area contributed by atoms with Crippen molar-refractivity contribution < 1.29 is 13.6 Å². The molecule has 3 rings (SSSR count). The van der Waals surface area contributed by atoms with E-state index in [1.54, 1.807) is 6.92 Å². The van der Waals surface area contributed by atoms with E-state index < -0.39 is 11.1 Å². The predicted molar refractivity (Wildman–Crippen MR) is 95.1 cm³/mol. The first-order valence-corrected chi connectivity index (χ1v) is 8.60. The lowest BCUT2D eigenvalue weighted by molar-refractivity contribution is -0.115. The van der Waals surface area contributed by atoms with Gasteiger partial charge in [-0.25, -0.2) is 4.39 Å². The fourth-order valence-electron chi connectivity index (χ4n) is 1.98. The van der Waals surface area contributed by atoms with E-state index in [2.05, 4.69) is 15.5 Å². The molecule has 1 atom stereocenters. The van der Waals surface area contributed by atoms with Crippen molar-refractivity contribution in [1.29, 1.82) is 0 Å². The van der Waals surface area contributed by atoms with E-state index in [9.17, 15) is 9.18 Å². The highest BCUT2D eigenvalue weighted by Gasteiger charge is 2.20. The molecule has 8 heteroatoms. The summed E-state index contributed by atoms with van der Waals surface area (Å²) in [7, 11) is 0. The van der Waals surface area contributed by atoms with Gasteiger partial charge in [-0.3, -0.25) is 4.79 Å². The minimum atomic E-state index is -0.595. The van der Waals surface area contributed by atoms with Gasteiger partial charge in [-0.05, 0) is 37.3 Å². The second-order valence-electron chi connectivity index (χ2n) is 5.11. The van der Waals surface area contributed by atoms with Crippen molar-refractivity contribution in [2.24, 2.45) is 0 Å². The Morgan fingerprint density at radius 1 is 1.24 bits per heavy atom. The zero-order valence-corrected chi connectivity index (χ0v) is 14.6. The van der Waals surface area contributed by atoms with Crippen LogP contribution >= 0.6 is 23.4 Å². The van der Waals surface area contributed by atoms with Gasteiger partial charge in [0, 0.05) is 10.6 Å². The number of nitrogens with one attached hydrogen (secondary N) is 1. The molecule has 128 valence electrons. The summed E-state index contributed by atoms with van der Waals surface area (Å²) in [6.07, 6.45) is 0. The van der Waals surface area contributed by atoms with Crippen molar-refractivity contribution in [2.75, 3.05) is 5.32 Å². The molecular formula is C17H13ClFN3O2S. The highest BCUT2D eigenvalue weighted by atomic mass is 35.5. The van der Waals surface area contributed by atoms with Crippen LogP contribution in [0, 0.1) is 5.82 Å². The molecule has 0 aliphatic rings. The Hall–Kier alpha value is -2.38. The van der Waals surface area contributed by atoms with Gasteiger partial charge in [-0.15, -0.1) is 10.2 Å². The van der Waals surface area contributed by atoms with E-state index in [1.807, 2.05) is 30.3 Å². The number of aromatic nitrogens is 2. The Labute approximate surface area is 152 Å². The maximum absolute atomic E-state index is 13.7. The second kappa shape index (κ2) is 7.67. The molecule has 0 bridgehead atoms. The van der Waals surface area contributed by atoms with Crippen molar-refractivity contribution in [1.82, 2.24) is 10.2 Å². The van der Waals surface area contributed by atoms with Crippen molar-refractivity contribution in [3.8, 4) is 11.5 Å². The van der Waals surface area contributed by atoms with Gasteiger partial charge in [0.15, 0.2) is 0 Å². The van der Waals surface area contributed by atoms with Crippen LogP contribution in [0.5, 0.6) is 0 Å². The molecular weight excluding hydrogens is 365 g/mol. The van der Waals surface area contributed by atoms with Gasteiger partial charge in [0.2, 0.25) is 11.8 Å². The van der Waals surface area contributed by atoms with E-state index in [0.717, 1.165) is 23.4 Å². The van der Waals surface area contributed by atoms with Crippen molar-refractivity contribution in [3.05, 3.63) is 59.4 Å². The maximum atomic E-state index is 13.7. The van der Waals surface area contributed by atoms with E-state index >= 15 is 0 Å². The highest BCUT2D eigenvalue weighted by Crippen LogP contribution is 2.27. The van der Waals surface area contributed by atoms with Gasteiger partial charge in [0.25, 0.3) is 5.22 Å². The summed E-state index contributed by atoms with van der Waals surface area (Å²) in [6.45, 7) is 1.67. The molecule has 0 aliphatic carbocycles. The zero-order valence-electron chi connectivity index (χ0n) is 13.1. The van der Waals surface area contributed by atoms with Crippen LogP contribution in [0.25, 0.3) is 11.5 Å². The first-order valence-electron chi connectivity index (χ1n) is 7.34. The summed E-state index contributed by atoms with van der Waals surface area (Å²) in [6, 6.07) is 13.4. The minimum absolute atomic E-state index is 0.0670. The molecule has 3 aromatic rings. The summed E-state index contributed by atoms with van der Waals surface area (Å²) >= 11 is 6.79. The smallest absolute Gasteiger partial charge is 0.277 e. The lowest BCUT2D eigenvalue weighted by atomic mass is 10.2. The summed E-state index contributed by atoms with van der Waals surface area (Å²) in [5.74, 6) is -0.604. The number of rotatable bonds is 5. The largest absolute Gasteiger partial charge is 0.411 e. The van der Waals surface area contributed by atoms with Crippen LogP contribution in [0.15, 0.2) is 58.2 Å². The van der Waals surface area contributed by atoms with E-state index in [0.29, 0.717) is 5.89 Å². The number of benzene rings is 2. The average Bonchev–Trinajstić information content (AvgIpc) is 3.06. The fourth-order valence-corrected chi connectivity index (χ4v) is 2.83. The summed E-state index contributed by atoms with van der Waals surface area (Å²) in [5.41, 5.74) is 0.861. The Balaban J connectivity index is 1.65. The van der Waals surface area contributed by atoms with E-state index in [4.69, 9.17) is 16.0 Å². The van der Waals surface area contributed by atoms with Crippen LogP contribution in [0.1, 0.15) is 6.92 Å². The molecule has 1 amide bonds. The van der Waals surface area contributed by atoms with Crippen LogP contribution in [-0.4, -0.2) is 21.4 Å². The Bertz CT molecular complexity index is 889. The molecule has 2 aromatic carbocycles. The molecule has 0 saturated carbocycles. The number of halogens is 2. The topological polar surface area (TPSA) is 68.0 Å². The van der Waals surface area contributed by atoms with E-state index in [1.165, 1.54) is 12.1 Å². The Morgan fingerprint density at radius 3 is 2.72 bits per heavy atom. The highest BCUT2D eigenvalue weighted by molar-refractivity contribution is 8.00. The number of anilines is 1. The maximum Gasteiger partial charge on any atom is 0.277 e. The van der Waals surface area contributed by atoms with Crippen LogP contribution in [-0.2, 0) is 4.79 Å². The number of carbonyl (C=O) groups excluding carboxylic acids is 1. The van der Waals surface area contributed by atoms with Crippen LogP contribution in [0.4, 0.5) is 10.1 Å². The molecule has 25 heavy (non-hydrogen) atoms. The fraction of sp³-hybridized carbons (Fsp3) is 0.118. The Morgan fingerprint density at radius 2 is 2.00 bits per heavy atom. The number of hydrogen-bond donors (Lipinski definition) is 1. The minimum Gasteiger partial charge on any atom is -0.411 e. The summed E-state index contributed by atoms with van der Waals surface area (Å²) in [4.78, 5) is 12.2. The number of thioether (sulfide) groups is 1. The lowest BCUT2D eigenvalue weighted by Gasteiger charge is -2.10. The first-order chi connectivity index (χ1) is 12.0. The standard InChI is InChI=1S/C17H13ClFN3O2S/c1-10(15(23)20-14-8-7-12(18)9-13(14)19)25-17-22-21-16(24-17)11-5-3-2-4-6-11/h2-10H,1H3,(H,20,23). The normalized spacial score (nSPS) is 12.0. The monoisotopic (exact) mass is 377 g/mol. The zero-order chi connectivity index (χ0) is 17.8. The molecule has 0 fully saturated rings. The third-order valence-electron chi connectivity index (χ3n) is 3.26. The predicted octanol–water partition coefficient (Wildman–Crippen LogP) is 4.65. The van der Waals surface area contributed by atoms with Crippen molar-refractivity contribution in [2.45, 2.75) is 17.4 Å². The van der Waals surface area contributed by atoms with Gasteiger partial charge in [-0.1, -0.05) is 41.6 Å². The number of carbonyl (C=O) groups is 1.